The first-order chi connectivity index (χ1) is 15.6. The summed E-state index contributed by atoms with van der Waals surface area (Å²) in [4.78, 5) is 33.0. The quantitative estimate of drug-likeness (QED) is 0.411. The number of benzene rings is 3. The minimum atomic E-state index is -0.893. The summed E-state index contributed by atoms with van der Waals surface area (Å²) < 4.78 is 10.7. The fourth-order valence-corrected chi connectivity index (χ4v) is 3.29. The Balaban J connectivity index is 1.49. The first-order valence-corrected chi connectivity index (χ1v) is 10.3. The number of aromatic nitrogens is 2. The maximum absolute atomic E-state index is 12.7. The second-order valence-electron chi connectivity index (χ2n) is 7.20. The molecule has 1 aromatic heterocycles. The number of carbonyl (C=O) groups is 2. The second-order valence-corrected chi connectivity index (χ2v) is 7.20. The fraction of sp³-hybridized carbons (Fsp3) is 0.160. The van der Waals surface area contributed by atoms with Gasteiger partial charge in [-0.25, -0.2) is 9.78 Å². The summed E-state index contributed by atoms with van der Waals surface area (Å²) in [6, 6.07) is 21.7. The molecule has 7 heteroatoms. The first-order valence-electron chi connectivity index (χ1n) is 10.3. The molecule has 2 N–H and O–H groups in total. The highest BCUT2D eigenvalue weighted by Crippen LogP contribution is 2.24. The van der Waals surface area contributed by atoms with Gasteiger partial charge in [-0.15, -0.1) is 0 Å². The van der Waals surface area contributed by atoms with E-state index in [1.165, 1.54) is 0 Å². The number of carbonyl (C=O) groups excluding carboxylic acids is 2. The number of methoxy groups -OCH3 is 1. The molecular weight excluding hydrogens is 406 g/mol. The molecule has 1 atom stereocenters. The third-order valence-electron chi connectivity index (χ3n) is 5.03. The molecule has 0 aliphatic carbocycles. The summed E-state index contributed by atoms with van der Waals surface area (Å²) in [6.07, 6.45) is -0.534. The number of rotatable bonds is 7. The van der Waals surface area contributed by atoms with Crippen LogP contribution in [0.3, 0.4) is 0 Å². The maximum atomic E-state index is 12.7. The molecule has 4 aromatic rings. The van der Waals surface area contributed by atoms with Gasteiger partial charge in [0, 0.05) is 11.3 Å². The lowest BCUT2D eigenvalue weighted by atomic mass is 10.2. The van der Waals surface area contributed by atoms with E-state index in [0.29, 0.717) is 29.0 Å². The van der Waals surface area contributed by atoms with Crippen molar-refractivity contribution in [1.29, 1.82) is 0 Å². The van der Waals surface area contributed by atoms with Crippen molar-refractivity contribution in [3.05, 3.63) is 78.4 Å². The highest BCUT2D eigenvalue weighted by atomic mass is 16.5. The number of hydrogen-bond acceptors (Lipinski definition) is 5. The molecule has 0 saturated carbocycles. The lowest BCUT2D eigenvalue weighted by Crippen LogP contribution is -2.32. The number of esters is 1. The van der Waals surface area contributed by atoms with Crippen molar-refractivity contribution in [2.45, 2.75) is 19.4 Å². The number of nitrogens with zero attached hydrogens (tertiary/aromatic N) is 1. The van der Waals surface area contributed by atoms with Gasteiger partial charge in [0.1, 0.15) is 11.6 Å². The Kier molecular flexibility index (Phi) is 6.17. The highest BCUT2D eigenvalue weighted by molar-refractivity contribution is 5.98. The average molecular weight is 429 g/mol. The van der Waals surface area contributed by atoms with Gasteiger partial charge < -0.3 is 19.8 Å². The number of amides is 1. The van der Waals surface area contributed by atoms with Gasteiger partial charge in [-0.2, -0.15) is 0 Å². The van der Waals surface area contributed by atoms with Crippen LogP contribution >= 0.6 is 0 Å². The van der Waals surface area contributed by atoms with Gasteiger partial charge in [0.25, 0.3) is 5.91 Å². The van der Waals surface area contributed by atoms with E-state index in [1.807, 2.05) is 42.5 Å². The molecule has 0 radical (unpaired) electrons. The number of aromatic amines is 1. The Morgan fingerprint density at radius 3 is 2.47 bits per heavy atom. The molecule has 0 bridgehead atoms. The maximum Gasteiger partial charge on any atom is 0.338 e. The molecule has 0 saturated heterocycles. The van der Waals surface area contributed by atoms with Crippen LogP contribution in [0, 0.1) is 0 Å². The van der Waals surface area contributed by atoms with Gasteiger partial charge in [-0.3, -0.25) is 4.79 Å². The third-order valence-corrected chi connectivity index (χ3v) is 5.03. The number of hydrogen-bond donors (Lipinski definition) is 2. The molecule has 3 aromatic carbocycles. The van der Waals surface area contributed by atoms with E-state index >= 15 is 0 Å². The Morgan fingerprint density at radius 1 is 1.03 bits per heavy atom. The first kappa shape index (κ1) is 21.1. The van der Waals surface area contributed by atoms with E-state index < -0.39 is 12.1 Å². The van der Waals surface area contributed by atoms with Crippen molar-refractivity contribution in [1.82, 2.24) is 9.97 Å². The Hall–Kier alpha value is -4.13. The van der Waals surface area contributed by atoms with Crippen LogP contribution in [-0.4, -0.2) is 35.1 Å². The van der Waals surface area contributed by atoms with Gasteiger partial charge in [0.2, 0.25) is 0 Å². The zero-order valence-electron chi connectivity index (χ0n) is 17.8. The molecule has 1 heterocycles. The summed E-state index contributed by atoms with van der Waals surface area (Å²) in [7, 11) is 1.62. The number of nitrogens with one attached hydrogen (secondary N) is 2. The van der Waals surface area contributed by atoms with Crippen LogP contribution in [0.5, 0.6) is 5.75 Å². The molecule has 1 unspecified atom stereocenters. The topological polar surface area (TPSA) is 93.3 Å². The summed E-state index contributed by atoms with van der Waals surface area (Å²) >= 11 is 0. The van der Waals surface area contributed by atoms with Gasteiger partial charge in [0.05, 0.1) is 23.7 Å². The molecule has 162 valence electrons. The largest absolute Gasteiger partial charge is 0.497 e. The minimum Gasteiger partial charge on any atom is -0.497 e. The molecule has 0 fully saturated rings. The van der Waals surface area contributed by atoms with Crippen molar-refractivity contribution < 1.29 is 19.1 Å². The SMILES string of the molecule is CCC(OC(=O)c1ccc2nc(-c3ccc(OC)cc3)[nH]c2c1)C(=O)Nc1ccccc1. The average Bonchev–Trinajstić information content (AvgIpc) is 3.26. The molecule has 4 rings (SSSR count). The molecule has 0 aliphatic rings. The monoisotopic (exact) mass is 429 g/mol. The standard InChI is InChI=1S/C25H23N3O4/c1-3-22(24(29)26-18-7-5-4-6-8-18)32-25(30)17-11-14-20-21(15-17)28-23(27-20)16-9-12-19(31-2)13-10-16/h4-15,22H,3H2,1-2H3,(H,26,29)(H,27,28). The van der Waals surface area contributed by atoms with Crippen LogP contribution in [0.25, 0.3) is 22.4 Å². The number of fused-ring (bicyclic) bond motifs is 1. The number of para-hydroxylation sites is 1. The smallest absolute Gasteiger partial charge is 0.338 e. The van der Waals surface area contributed by atoms with Crippen LogP contribution in [-0.2, 0) is 9.53 Å². The fourth-order valence-electron chi connectivity index (χ4n) is 3.29. The van der Waals surface area contributed by atoms with Gasteiger partial charge in [0.15, 0.2) is 6.10 Å². The summed E-state index contributed by atoms with van der Waals surface area (Å²) in [5, 5.41) is 2.77. The lowest BCUT2D eigenvalue weighted by Gasteiger charge is -2.16. The van der Waals surface area contributed by atoms with Crippen LogP contribution in [0.1, 0.15) is 23.7 Å². The van der Waals surface area contributed by atoms with E-state index in [1.54, 1.807) is 44.4 Å². The number of H-pyrrole nitrogens is 1. The van der Waals surface area contributed by atoms with Crippen LogP contribution < -0.4 is 10.1 Å². The number of imidazole rings is 1. The van der Waals surface area contributed by atoms with Crippen LogP contribution in [0.4, 0.5) is 5.69 Å². The third kappa shape index (κ3) is 4.62. The number of ether oxygens (including phenoxy) is 2. The zero-order valence-corrected chi connectivity index (χ0v) is 17.8. The minimum absolute atomic E-state index is 0.341. The summed E-state index contributed by atoms with van der Waals surface area (Å²) in [6.45, 7) is 1.79. The van der Waals surface area contributed by atoms with Crippen LogP contribution in [0.2, 0.25) is 0 Å². The van der Waals surface area contributed by atoms with Crippen molar-refractivity contribution >= 4 is 28.6 Å². The molecule has 0 aliphatic heterocycles. The van der Waals surface area contributed by atoms with E-state index in [-0.39, 0.29) is 5.91 Å². The second kappa shape index (κ2) is 9.34. The summed E-state index contributed by atoms with van der Waals surface area (Å²) in [5.74, 6) is 0.512. The van der Waals surface area contributed by atoms with Gasteiger partial charge in [-0.05, 0) is 61.0 Å². The lowest BCUT2D eigenvalue weighted by molar-refractivity contribution is -0.124. The van der Waals surface area contributed by atoms with Gasteiger partial charge >= 0.3 is 5.97 Å². The van der Waals surface area contributed by atoms with Crippen molar-refractivity contribution in [3.63, 3.8) is 0 Å². The molecule has 32 heavy (non-hydrogen) atoms. The van der Waals surface area contributed by atoms with Crippen molar-refractivity contribution in [2.24, 2.45) is 0 Å². The normalized spacial score (nSPS) is 11.7. The molecular formula is C25H23N3O4. The predicted octanol–water partition coefficient (Wildman–Crippen LogP) is 4.81. The molecule has 7 nitrogen and oxygen atoms in total. The zero-order chi connectivity index (χ0) is 22.5. The highest BCUT2D eigenvalue weighted by Gasteiger charge is 2.22. The van der Waals surface area contributed by atoms with Crippen molar-refractivity contribution in [3.8, 4) is 17.1 Å². The van der Waals surface area contributed by atoms with E-state index in [0.717, 1.165) is 16.8 Å². The van der Waals surface area contributed by atoms with Crippen LogP contribution in [0.15, 0.2) is 72.8 Å². The van der Waals surface area contributed by atoms with Gasteiger partial charge in [-0.1, -0.05) is 25.1 Å². The number of anilines is 1. The Labute approximate surface area is 185 Å². The van der Waals surface area contributed by atoms with E-state index in [2.05, 4.69) is 15.3 Å². The van der Waals surface area contributed by atoms with E-state index in [4.69, 9.17) is 9.47 Å². The molecule has 1 amide bonds. The summed E-state index contributed by atoms with van der Waals surface area (Å²) in [5.41, 5.74) is 3.31. The van der Waals surface area contributed by atoms with E-state index in [9.17, 15) is 9.59 Å². The van der Waals surface area contributed by atoms with Crippen molar-refractivity contribution in [2.75, 3.05) is 12.4 Å². The Morgan fingerprint density at radius 2 is 1.78 bits per heavy atom. The Bertz CT molecular complexity index is 1230. The predicted molar refractivity (Wildman–Crippen MR) is 123 cm³/mol. The molecule has 0 spiro atoms.